The first kappa shape index (κ1) is 12.6. The summed E-state index contributed by atoms with van der Waals surface area (Å²) in [5.41, 5.74) is 3.67. The van der Waals surface area contributed by atoms with Crippen molar-refractivity contribution in [1.29, 1.82) is 0 Å². The van der Waals surface area contributed by atoms with Gasteiger partial charge in [0, 0.05) is 23.8 Å². The zero-order chi connectivity index (χ0) is 12.4. The number of nitrogens with zero attached hydrogens (tertiary/aromatic N) is 1. The smallest absolute Gasteiger partial charge is 0.0638 e. The van der Waals surface area contributed by atoms with Crippen LogP contribution in [0.5, 0.6) is 0 Å². The molecule has 17 heavy (non-hydrogen) atoms. The van der Waals surface area contributed by atoms with Crippen LogP contribution in [0, 0.1) is 25.7 Å². The molecule has 0 spiro atoms. The van der Waals surface area contributed by atoms with Gasteiger partial charge in [-0.15, -0.1) is 0 Å². The zero-order valence-corrected chi connectivity index (χ0v) is 11.5. The Balaban J connectivity index is 1.94. The Morgan fingerprint density at radius 1 is 1.29 bits per heavy atom. The molecule has 3 heteroatoms. The van der Waals surface area contributed by atoms with Crippen LogP contribution in [0.2, 0.25) is 0 Å². The molecule has 1 fully saturated rings. The lowest BCUT2D eigenvalue weighted by molar-refractivity contribution is 0.206. The molecule has 1 saturated carbocycles. The highest BCUT2D eigenvalue weighted by Gasteiger charge is 2.26. The summed E-state index contributed by atoms with van der Waals surface area (Å²) in [6.45, 7) is 9.90. The van der Waals surface area contributed by atoms with Gasteiger partial charge in [-0.3, -0.25) is 5.10 Å². The number of aromatic nitrogens is 2. The molecular formula is C14H25N3. The van der Waals surface area contributed by atoms with E-state index in [1.807, 2.05) is 0 Å². The average molecular weight is 235 g/mol. The van der Waals surface area contributed by atoms with Crippen molar-refractivity contribution in [3.05, 3.63) is 17.0 Å². The monoisotopic (exact) mass is 235 g/mol. The van der Waals surface area contributed by atoms with E-state index in [-0.39, 0.29) is 0 Å². The summed E-state index contributed by atoms with van der Waals surface area (Å²) in [5.74, 6) is 1.64. The molecule has 0 aliphatic heterocycles. The fourth-order valence-electron chi connectivity index (χ4n) is 2.94. The van der Waals surface area contributed by atoms with Gasteiger partial charge in [-0.2, -0.15) is 5.10 Å². The maximum Gasteiger partial charge on any atom is 0.0638 e. The molecule has 1 aromatic heterocycles. The van der Waals surface area contributed by atoms with E-state index in [1.54, 1.807) is 0 Å². The lowest BCUT2D eigenvalue weighted by atomic mass is 9.78. The quantitative estimate of drug-likeness (QED) is 0.845. The minimum Gasteiger partial charge on any atom is -0.310 e. The molecule has 2 rings (SSSR count). The van der Waals surface area contributed by atoms with Gasteiger partial charge < -0.3 is 5.32 Å². The van der Waals surface area contributed by atoms with Crippen LogP contribution in [0.3, 0.4) is 0 Å². The summed E-state index contributed by atoms with van der Waals surface area (Å²) < 4.78 is 0. The van der Waals surface area contributed by atoms with Gasteiger partial charge in [-0.1, -0.05) is 26.7 Å². The highest BCUT2D eigenvalue weighted by atomic mass is 15.1. The minimum atomic E-state index is 0.674. The second-order valence-electron chi connectivity index (χ2n) is 5.67. The maximum atomic E-state index is 4.25. The van der Waals surface area contributed by atoms with Crippen LogP contribution in [-0.2, 0) is 6.54 Å². The normalized spacial score (nSPS) is 29.5. The second-order valence-corrected chi connectivity index (χ2v) is 5.67. The highest BCUT2D eigenvalue weighted by Crippen LogP contribution is 2.29. The maximum absolute atomic E-state index is 4.25. The molecule has 3 nitrogen and oxygen atoms in total. The lowest BCUT2D eigenvalue weighted by Crippen LogP contribution is -2.40. The SMILES string of the molecule is Cc1n[nH]c(C)c1CNC1CCCC(C)C1C. The molecule has 1 aliphatic rings. The molecule has 1 aromatic rings. The van der Waals surface area contributed by atoms with Gasteiger partial charge in [0.25, 0.3) is 0 Å². The standard InChI is InChI=1S/C14H25N3/c1-9-6-5-7-14(10(9)2)15-8-13-11(3)16-17-12(13)4/h9-10,14-15H,5-8H2,1-4H3,(H,16,17). The van der Waals surface area contributed by atoms with E-state index in [1.165, 1.54) is 30.5 Å². The second kappa shape index (κ2) is 5.21. The highest BCUT2D eigenvalue weighted by molar-refractivity contribution is 5.22. The number of hydrogen-bond donors (Lipinski definition) is 2. The summed E-state index contributed by atoms with van der Waals surface area (Å²) in [5, 5.41) is 11.0. The van der Waals surface area contributed by atoms with Gasteiger partial charge in [0.1, 0.15) is 0 Å². The molecule has 0 amide bonds. The van der Waals surface area contributed by atoms with Gasteiger partial charge in [-0.05, 0) is 32.1 Å². The van der Waals surface area contributed by atoms with E-state index < -0.39 is 0 Å². The third kappa shape index (κ3) is 2.71. The number of aryl methyl sites for hydroxylation is 2. The number of nitrogens with one attached hydrogen (secondary N) is 2. The Bertz CT molecular complexity index is 350. The van der Waals surface area contributed by atoms with E-state index in [0.29, 0.717) is 6.04 Å². The molecule has 0 radical (unpaired) electrons. The molecule has 1 aliphatic carbocycles. The van der Waals surface area contributed by atoms with Crippen LogP contribution >= 0.6 is 0 Å². The van der Waals surface area contributed by atoms with Crippen LogP contribution in [-0.4, -0.2) is 16.2 Å². The molecule has 3 unspecified atom stereocenters. The van der Waals surface area contributed by atoms with Crippen LogP contribution in [0.1, 0.15) is 50.1 Å². The van der Waals surface area contributed by atoms with Gasteiger partial charge >= 0.3 is 0 Å². The van der Waals surface area contributed by atoms with Crippen molar-refractivity contribution in [3.8, 4) is 0 Å². The number of aromatic amines is 1. The Labute approximate surface area is 104 Å². The first-order chi connectivity index (χ1) is 8.09. The predicted molar refractivity (Wildman–Crippen MR) is 70.9 cm³/mol. The minimum absolute atomic E-state index is 0.674. The van der Waals surface area contributed by atoms with E-state index in [2.05, 4.69) is 43.2 Å². The molecule has 2 N–H and O–H groups in total. The third-order valence-corrected chi connectivity index (χ3v) is 4.53. The fourth-order valence-corrected chi connectivity index (χ4v) is 2.94. The van der Waals surface area contributed by atoms with Gasteiger partial charge in [0.05, 0.1) is 5.69 Å². The number of H-pyrrole nitrogens is 1. The van der Waals surface area contributed by atoms with Crippen molar-refractivity contribution < 1.29 is 0 Å². The van der Waals surface area contributed by atoms with E-state index in [0.717, 1.165) is 24.1 Å². The van der Waals surface area contributed by atoms with Crippen molar-refractivity contribution in [2.45, 2.75) is 59.5 Å². The number of rotatable bonds is 3. The van der Waals surface area contributed by atoms with Gasteiger partial charge in [0.15, 0.2) is 0 Å². The van der Waals surface area contributed by atoms with Crippen molar-refractivity contribution in [2.24, 2.45) is 11.8 Å². The molecule has 1 heterocycles. The van der Waals surface area contributed by atoms with Crippen molar-refractivity contribution in [3.63, 3.8) is 0 Å². The van der Waals surface area contributed by atoms with Crippen molar-refractivity contribution >= 4 is 0 Å². The van der Waals surface area contributed by atoms with Crippen molar-refractivity contribution in [1.82, 2.24) is 15.5 Å². The van der Waals surface area contributed by atoms with Gasteiger partial charge in [0.2, 0.25) is 0 Å². The zero-order valence-electron chi connectivity index (χ0n) is 11.5. The van der Waals surface area contributed by atoms with E-state index in [4.69, 9.17) is 0 Å². The molecule has 3 atom stereocenters. The first-order valence-electron chi connectivity index (χ1n) is 6.83. The van der Waals surface area contributed by atoms with Crippen LogP contribution in [0.4, 0.5) is 0 Å². The molecule has 0 saturated heterocycles. The topological polar surface area (TPSA) is 40.7 Å². The molecule has 0 bridgehead atoms. The Morgan fingerprint density at radius 3 is 2.71 bits per heavy atom. The summed E-state index contributed by atoms with van der Waals surface area (Å²) in [7, 11) is 0. The lowest BCUT2D eigenvalue weighted by Gasteiger charge is -2.34. The van der Waals surface area contributed by atoms with Crippen molar-refractivity contribution in [2.75, 3.05) is 0 Å². The molecule has 0 aromatic carbocycles. The van der Waals surface area contributed by atoms with Gasteiger partial charge in [-0.25, -0.2) is 0 Å². The summed E-state index contributed by atoms with van der Waals surface area (Å²) in [6.07, 6.45) is 4.08. The molecule has 96 valence electrons. The summed E-state index contributed by atoms with van der Waals surface area (Å²) in [4.78, 5) is 0. The van der Waals surface area contributed by atoms with E-state index in [9.17, 15) is 0 Å². The predicted octanol–water partition coefficient (Wildman–Crippen LogP) is 2.94. The Kier molecular flexibility index (Phi) is 3.87. The largest absolute Gasteiger partial charge is 0.310 e. The average Bonchev–Trinajstić information content (AvgIpc) is 2.62. The molecular weight excluding hydrogens is 210 g/mol. The third-order valence-electron chi connectivity index (χ3n) is 4.53. The fraction of sp³-hybridized carbons (Fsp3) is 0.786. The summed E-state index contributed by atoms with van der Waals surface area (Å²) >= 11 is 0. The van der Waals surface area contributed by atoms with Crippen LogP contribution < -0.4 is 5.32 Å². The van der Waals surface area contributed by atoms with Crippen LogP contribution in [0.25, 0.3) is 0 Å². The summed E-state index contributed by atoms with van der Waals surface area (Å²) in [6, 6.07) is 0.674. The Morgan fingerprint density at radius 2 is 2.06 bits per heavy atom. The first-order valence-corrected chi connectivity index (χ1v) is 6.83. The number of hydrogen-bond acceptors (Lipinski definition) is 2. The van der Waals surface area contributed by atoms with E-state index >= 15 is 0 Å². The van der Waals surface area contributed by atoms with Crippen LogP contribution in [0.15, 0.2) is 0 Å². The Hall–Kier alpha value is -0.830.